The van der Waals surface area contributed by atoms with Gasteiger partial charge in [0.15, 0.2) is 0 Å². The number of ether oxygens (including phenoxy) is 1. The zero-order valence-electron chi connectivity index (χ0n) is 14.1. The molecule has 0 aliphatic heterocycles. The molecule has 2 aromatic rings. The second kappa shape index (κ2) is 9.40. The molecule has 0 radical (unpaired) electrons. The lowest BCUT2D eigenvalue weighted by molar-refractivity contribution is -0.118. The Morgan fingerprint density at radius 2 is 2.00 bits per heavy atom. The molecule has 0 aliphatic carbocycles. The quantitative estimate of drug-likeness (QED) is 0.352. The van der Waals surface area contributed by atoms with Gasteiger partial charge in [-0.3, -0.25) is 4.79 Å². The van der Waals surface area contributed by atoms with Crippen molar-refractivity contribution in [3.63, 3.8) is 0 Å². The summed E-state index contributed by atoms with van der Waals surface area (Å²) < 4.78 is 7.25. The number of thioether (sulfide) groups is 1. The number of rotatable bonds is 6. The maximum Gasteiger partial charge on any atom is 0.250 e. The van der Waals surface area contributed by atoms with Crippen LogP contribution in [0.4, 0.5) is 0 Å². The van der Waals surface area contributed by atoms with E-state index in [1.807, 2.05) is 32.0 Å². The molecule has 1 amide bonds. The van der Waals surface area contributed by atoms with Crippen molar-refractivity contribution in [3.05, 3.63) is 56.0 Å². The van der Waals surface area contributed by atoms with E-state index >= 15 is 0 Å². The van der Waals surface area contributed by atoms with E-state index in [2.05, 4.69) is 54.5 Å². The van der Waals surface area contributed by atoms with Crippen LogP contribution in [0.25, 0.3) is 0 Å². The number of nitrogens with one attached hydrogen (secondary N) is 1. The van der Waals surface area contributed by atoms with Crippen molar-refractivity contribution in [2.45, 2.75) is 18.7 Å². The monoisotopic (exact) mass is 484 g/mol. The Morgan fingerprint density at radius 1 is 1.24 bits per heavy atom. The van der Waals surface area contributed by atoms with E-state index in [4.69, 9.17) is 4.74 Å². The van der Waals surface area contributed by atoms with Crippen LogP contribution in [0.15, 0.2) is 49.3 Å². The van der Waals surface area contributed by atoms with Crippen LogP contribution in [0, 0.1) is 13.8 Å². The molecule has 0 aromatic heterocycles. The van der Waals surface area contributed by atoms with Gasteiger partial charge in [0.05, 0.1) is 19.1 Å². The van der Waals surface area contributed by atoms with Crippen molar-refractivity contribution in [2.24, 2.45) is 5.10 Å². The highest BCUT2D eigenvalue weighted by atomic mass is 79.9. The third-order valence-electron chi connectivity index (χ3n) is 3.40. The van der Waals surface area contributed by atoms with Crippen LogP contribution in [0.3, 0.4) is 0 Å². The van der Waals surface area contributed by atoms with E-state index in [0.29, 0.717) is 11.5 Å². The smallest absolute Gasteiger partial charge is 0.250 e. The second-order valence-corrected chi connectivity index (χ2v) is 8.12. The summed E-state index contributed by atoms with van der Waals surface area (Å²) in [6.07, 6.45) is 1.57. The number of amides is 1. The van der Waals surface area contributed by atoms with Gasteiger partial charge in [0.1, 0.15) is 5.75 Å². The standard InChI is InChI=1S/C18H18Br2N2O2S/c1-11-7-17(12(2)6-15(11)20)25-10-18(23)22-21-9-13-8-14(19)4-5-16(13)24-3/h4-9H,10H2,1-3H3,(H,22,23). The SMILES string of the molecule is COc1ccc(Br)cc1C=NNC(=O)CSc1cc(C)c(Br)cc1C. The third kappa shape index (κ3) is 5.87. The van der Waals surface area contributed by atoms with Gasteiger partial charge in [-0.25, -0.2) is 5.43 Å². The average molecular weight is 486 g/mol. The molecule has 0 bridgehead atoms. The molecule has 7 heteroatoms. The highest BCUT2D eigenvalue weighted by molar-refractivity contribution is 9.10. The minimum atomic E-state index is -0.157. The van der Waals surface area contributed by atoms with Gasteiger partial charge in [-0.05, 0) is 55.3 Å². The molecule has 25 heavy (non-hydrogen) atoms. The largest absolute Gasteiger partial charge is 0.496 e. The summed E-state index contributed by atoms with van der Waals surface area (Å²) in [4.78, 5) is 13.1. The molecule has 0 saturated heterocycles. The van der Waals surface area contributed by atoms with Gasteiger partial charge in [-0.2, -0.15) is 5.10 Å². The summed E-state index contributed by atoms with van der Waals surface area (Å²) in [7, 11) is 1.60. The predicted molar refractivity (Wildman–Crippen MR) is 111 cm³/mol. The first-order valence-corrected chi connectivity index (χ1v) is 10.0. The topological polar surface area (TPSA) is 50.7 Å². The van der Waals surface area contributed by atoms with E-state index < -0.39 is 0 Å². The van der Waals surface area contributed by atoms with Gasteiger partial charge in [0, 0.05) is 19.4 Å². The molecule has 0 unspecified atom stereocenters. The first-order chi connectivity index (χ1) is 11.9. The number of methoxy groups -OCH3 is 1. The molecule has 0 atom stereocenters. The Labute approximate surface area is 168 Å². The van der Waals surface area contributed by atoms with Crippen LogP contribution in [-0.2, 0) is 4.79 Å². The Morgan fingerprint density at radius 3 is 2.72 bits per heavy atom. The summed E-state index contributed by atoms with van der Waals surface area (Å²) in [6, 6.07) is 9.73. The highest BCUT2D eigenvalue weighted by Crippen LogP contribution is 2.28. The average Bonchev–Trinajstić information content (AvgIpc) is 2.57. The minimum Gasteiger partial charge on any atom is -0.496 e. The van der Waals surface area contributed by atoms with Gasteiger partial charge < -0.3 is 4.74 Å². The number of hydrogen-bond donors (Lipinski definition) is 1. The van der Waals surface area contributed by atoms with E-state index in [-0.39, 0.29) is 5.91 Å². The molecule has 4 nitrogen and oxygen atoms in total. The molecule has 0 fully saturated rings. The van der Waals surface area contributed by atoms with Crippen LogP contribution in [0.1, 0.15) is 16.7 Å². The fourth-order valence-corrected chi connectivity index (χ4v) is 3.80. The maximum atomic E-state index is 12.0. The van der Waals surface area contributed by atoms with Gasteiger partial charge in [0.25, 0.3) is 0 Å². The number of hydrazone groups is 1. The number of carbonyl (C=O) groups excluding carboxylic acids is 1. The molecule has 2 rings (SSSR count). The molecule has 132 valence electrons. The van der Waals surface area contributed by atoms with Crippen LogP contribution in [-0.4, -0.2) is 25.0 Å². The lowest BCUT2D eigenvalue weighted by Gasteiger charge is -2.08. The number of nitrogens with zero attached hydrogens (tertiary/aromatic N) is 1. The summed E-state index contributed by atoms with van der Waals surface area (Å²) in [5.74, 6) is 0.834. The van der Waals surface area contributed by atoms with Crippen LogP contribution in [0.5, 0.6) is 5.75 Å². The van der Waals surface area contributed by atoms with Crippen molar-refractivity contribution in [1.29, 1.82) is 0 Å². The number of hydrogen-bond acceptors (Lipinski definition) is 4. The zero-order valence-corrected chi connectivity index (χ0v) is 18.1. The Hall–Kier alpha value is -1.31. The van der Waals surface area contributed by atoms with Gasteiger partial charge >= 0.3 is 0 Å². The summed E-state index contributed by atoms with van der Waals surface area (Å²) in [5, 5.41) is 4.01. The molecule has 1 N–H and O–H groups in total. The lowest BCUT2D eigenvalue weighted by Crippen LogP contribution is -2.19. The van der Waals surface area contributed by atoms with E-state index in [1.54, 1.807) is 13.3 Å². The molecule has 2 aromatic carbocycles. The number of aryl methyl sites for hydroxylation is 2. The normalized spacial score (nSPS) is 10.9. The van der Waals surface area contributed by atoms with Crippen molar-refractivity contribution in [1.82, 2.24) is 5.43 Å². The van der Waals surface area contributed by atoms with Gasteiger partial charge in [0.2, 0.25) is 5.91 Å². The van der Waals surface area contributed by atoms with Crippen molar-refractivity contribution < 1.29 is 9.53 Å². The van der Waals surface area contributed by atoms with E-state index in [0.717, 1.165) is 30.5 Å². The maximum absolute atomic E-state index is 12.0. The van der Waals surface area contributed by atoms with Crippen LogP contribution in [0.2, 0.25) is 0 Å². The fraction of sp³-hybridized carbons (Fsp3) is 0.222. The summed E-state index contributed by atoms with van der Waals surface area (Å²) in [6.45, 7) is 4.06. The number of benzene rings is 2. The Kier molecular flexibility index (Phi) is 7.53. The van der Waals surface area contributed by atoms with E-state index in [1.165, 1.54) is 11.8 Å². The Balaban J connectivity index is 1.93. The zero-order chi connectivity index (χ0) is 18.4. The first-order valence-electron chi connectivity index (χ1n) is 7.45. The lowest BCUT2D eigenvalue weighted by atomic mass is 10.2. The molecular formula is C18H18Br2N2O2S. The van der Waals surface area contributed by atoms with Crippen LogP contribution >= 0.6 is 43.6 Å². The highest BCUT2D eigenvalue weighted by Gasteiger charge is 2.07. The number of carbonyl (C=O) groups is 1. The van der Waals surface area contributed by atoms with Crippen molar-refractivity contribution in [3.8, 4) is 5.75 Å². The summed E-state index contributed by atoms with van der Waals surface area (Å²) >= 11 is 8.41. The summed E-state index contributed by atoms with van der Waals surface area (Å²) in [5.41, 5.74) is 5.61. The second-order valence-electron chi connectivity index (χ2n) is 5.34. The first kappa shape index (κ1) is 20.0. The molecule has 0 spiro atoms. The predicted octanol–water partition coefficient (Wildman–Crippen LogP) is 5.08. The third-order valence-corrected chi connectivity index (χ3v) is 5.90. The molecule has 0 heterocycles. The van der Waals surface area contributed by atoms with Crippen molar-refractivity contribution >= 4 is 55.7 Å². The fourth-order valence-electron chi connectivity index (χ4n) is 2.07. The van der Waals surface area contributed by atoms with Gasteiger partial charge in [-0.15, -0.1) is 11.8 Å². The van der Waals surface area contributed by atoms with Gasteiger partial charge in [-0.1, -0.05) is 31.9 Å². The van der Waals surface area contributed by atoms with E-state index in [9.17, 15) is 4.79 Å². The minimum absolute atomic E-state index is 0.157. The molecule has 0 aliphatic rings. The Bertz CT molecular complexity index is 810. The number of halogens is 2. The molecular weight excluding hydrogens is 468 g/mol. The van der Waals surface area contributed by atoms with Crippen molar-refractivity contribution in [2.75, 3.05) is 12.9 Å². The molecule has 0 saturated carbocycles. The van der Waals surface area contributed by atoms with Crippen LogP contribution < -0.4 is 10.2 Å².